The number of piperidine rings is 3. The summed E-state index contributed by atoms with van der Waals surface area (Å²) in [5, 5.41) is 9.11. The van der Waals surface area contributed by atoms with Crippen LogP contribution in [0.15, 0.2) is 48.8 Å². The monoisotopic (exact) mass is 829 g/mol. The summed E-state index contributed by atoms with van der Waals surface area (Å²) in [7, 11) is 0. The fourth-order valence-electron chi connectivity index (χ4n) is 10.2. The van der Waals surface area contributed by atoms with E-state index in [2.05, 4.69) is 54.8 Å². The van der Waals surface area contributed by atoms with Gasteiger partial charge in [-0.3, -0.25) is 19.7 Å². The van der Waals surface area contributed by atoms with E-state index in [1.54, 1.807) is 12.1 Å². The summed E-state index contributed by atoms with van der Waals surface area (Å²) >= 11 is 0. The molecule has 3 N–H and O–H groups in total. The second kappa shape index (κ2) is 16.2. The predicted octanol–water partition coefficient (Wildman–Crippen LogP) is 4.98. The summed E-state index contributed by atoms with van der Waals surface area (Å²) in [6.07, 6.45) is 10.3. The minimum atomic E-state index is -0.769. The standard InChI is InChI=1S/C46H52FN9O5/c1-28-38(25-49-43-42(28)48-13-19-60-43)56-16-9-32-24-50-45(52-37(32)26-56)51-33-4-3-31(36(47)23-33)22-41(58)55-17-10-34(11-18-55)54-14-7-29(8-15-54)20-30-2-5-39-35(21-30)46(27-61-39)12-6-40(57)53-44(46)59/h2-5,21,23-25,29,34,48H,6-20,22,26-27H2,1H3,(H,50,51,52)(H,53,57,59). The SMILES string of the molecule is Cc1c(N2CCc3cnc(Nc4ccc(CC(=O)N5CCC(N6CCC(Cc7ccc8c(c7)C7(CCC(=O)NC7=O)CO8)CC6)CC5)c(F)c4)nc3C2)cnc2c1NCCO2. The van der Waals surface area contributed by atoms with Gasteiger partial charge in [0.25, 0.3) is 0 Å². The van der Waals surface area contributed by atoms with E-state index in [1.165, 1.54) is 11.6 Å². The molecule has 15 heteroatoms. The Kier molecular flexibility index (Phi) is 10.5. The van der Waals surface area contributed by atoms with Gasteiger partial charge in [0.2, 0.25) is 29.5 Å². The molecule has 14 nitrogen and oxygen atoms in total. The zero-order valence-electron chi connectivity index (χ0n) is 34.6. The lowest BCUT2D eigenvalue weighted by molar-refractivity contribution is -0.138. The van der Waals surface area contributed by atoms with Crippen molar-refractivity contribution in [2.45, 2.75) is 82.7 Å². The third-order valence-corrected chi connectivity index (χ3v) is 13.9. The summed E-state index contributed by atoms with van der Waals surface area (Å²) in [5.74, 6) is 1.38. The number of rotatable bonds is 8. The third-order valence-electron chi connectivity index (χ3n) is 13.9. The highest BCUT2D eigenvalue weighted by Gasteiger charge is 2.50. The molecule has 1 unspecified atom stereocenters. The van der Waals surface area contributed by atoms with Crippen LogP contribution in [0.5, 0.6) is 11.6 Å². The highest BCUT2D eigenvalue weighted by Crippen LogP contribution is 2.44. The van der Waals surface area contributed by atoms with Crippen LogP contribution in [-0.2, 0) is 45.6 Å². The first-order valence-corrected chi connectivity index (χ1v) is 21.8. The van der Waals surface area contributed by atoms with Gasteiger partial charge in [-0.1, -0.05) is 18.2 Å². The fraction of sp³-hybridized carbons (Fsp3) is 0.478. The first-order valence-electron chi connectivity index (χ1n) is 21.8. The van der Waals surface area contributed by atoms with Crippen molar-refractivity contribution >= 4 is 40.7 Å². The summed E-state index contributed by atoms with van der Waals surface area (Å²) in [6.45, 7) is 8.52. The Morgan fingerprint density at radius 3 is 2.66 bits per heavy atom. The molecule has 6 aliphatic rings. The number of ether oxygens (including phenoxy) is 2. The minimum Gasteiger partial charge on any atom is -0.492 e. The number of amides is 3. The lowest BCUT2D eigenvalue weighted by atomic mass is 9.74. The molecule has 3 amide bonds. The van der Waals surface area contributed by atoms with Crippen LogP contribution < -0.4 is 30.3 Å². The van der Waals surface area contributed by atoms with E-state index in [1.807, 2.05) is 23.4 Å². The zero-order valence-corrected chi connectivity index (χ0v) is 34.6. The van der Waals surface area contributed by atoms with Gasteiger partial charge in [0.05, 0.1) is 30.5 Å². The van der Waals surface area contributed by atoms with Crippen molar-refractivity contribution in [3.05, 3.63) is 88.1 Å². The van der Waals surface area contributed by atoms with Crippen molar-refractivity contribution in [2.24, 2.45) is 5.92 Å². The van der Waals surface area contributed by atoms with Gasteiger partial charge >= 0.3 is 0 Å². The largest absolute Gasteiger partial charge is 0.492 e. The number of halogens is 1. The molecule has 10 rings (SSSR count). The van der Waals surface area contributed by atoms with Crippen molar-refractivity contribution in [1.82, 2.24) is 30.1 Å². The molecule has 1 spiro atoms. The molecular formula is C46H52FN9O5. The number of aromatic nitrogens is 3. The van der Waals surface area contributed by atoms with Crippen LogP contribution in [0.1, 0.15) is 72.0 Å². The smallest absolute Gasteiger partial charge is 0.240 e. The van der Waals surface area contributed by atoms with Crippen molar-refractivity contribution in [2.75, 3.05) is 68.0 Å². The van der Waals surface area contributed by atoms with E-state index in [-0.39, 0.29) is 30.7 Å². The van der Waals surface area contributed by atoms with Crippen LogP contribution in [0, 0.1) is 18.7 Å². The highest BCUT2D eigenvalue weighted by atomic mass is 19.1. The van der Waals surface area contributed by atoms with E-state index in [0.29, 0.717) is 74.1 Å². The Bertz CT molecular complexity index is 2380. The van der Waals surface area contributed by atoms with E-state index >= 15 is 4.39 Å². The molecule has 4 aromatic rings. The Balaban J connectivity index is 0.690. The number of hydrogen-bond donors (Lipinski definition) is 3. The van der Waals surface area contributed by atoms with Crippen molar-refractivity contribution in [3.63, 3.8) is 0 Å². The molecule has 8 heterocycles. The number of pyridine rings is 1. The molecule has 3 saturated heterocycles. The minimum absolute atomic E-state index is 0.0186. The van der Waals surface area contributed by atoms with Gasteiger partial charge in [-0.25, -0.2) is 19.3 Å². The normalized spacial score (nSPS) is 21.8. The maximum absolute atomic E-state index is 15.5. The molecule has 2 aromatic carbocycles. The Morgan fingerprint density at radius 1 is 0.984 bits per heavy atom. The summed E-state index contributed by atoms with van der Waals surface area (Å²) < 4.78 is 27.1. The van der Waals surface area contributed by atoms with Gasteiger partial charge in [0.15, 0.2) is 0 Å². The lowest BCUT2D eigenvalue weighted by Crippen LogP contribution is -2.52. The van der Waals surface area contributed by atoms with Crippen LogP contribution in [-0.4, -0.2) is 101 Å². The maximum atomic E-state index is 15.5. The third kappa shape index (κ3) is 7.72. The molecule has 0 bridgehead atoms. The fourth-order valence-corrected chi connectivity index (χ4v) is 10.2. The van der Waals surface area contributed by atoms with Crippen molar-refractivity contribution < 1.29 is 28.2 Å². The van der Waals surface area contributed by atoms with Crippen LogP contribution >= 0.6 is 0 Å². The van der Waals surface area contributed by atoms with Crippen LogP contribution in [0.2, 0.25) is 0 Å². The molecule has 2 aromatic heterocycles. The number of imide groups is 1. The first-order chi connectivity index (χ1) is 29.7. The second-order valence-electron chi connectivity index (χ2n) is 17.5. The van der Waals surface area contributed by atoms with Gasteiger partial charge in [-0.2, -0.15) is 0 Å². The van der Waals surface area contributed by atoms with E-state index < -0.39 is 11.2 Å². The average molecular weight is 830 g/mol. The van der Waals surface area contributed by atoms with E-state index in [9.17, 15) is 14.4 Å². The average Bonchev–Trinajstić information content (AvgIpc) is 3.64. The van der Waals surface area contributed by atoms with Gasteiger partial charge in [-0.15, -0.1) is 0 Å². The van der Waals surface area contributed by atoms with Crippen molar-refractivity contribution in [3.8, 4) is 11.6 Å². The van der Waals surface area contributed by atoms with Gasteiger partial charge < -0.3 is 34.8 Å². The number of likely N-dealkylation sites (tertiary alicyclic amines) is 2. The lowest BCUT2D eigenvalue weighted by Gasteiger charge is -2.42. The predicted molar refractivity (Wildman–Crippen MR) is 227 cm³/mol. The zero-order chi connectivity index (χ0) is 41.7. The number of carbonyl (C=O) groups is 3. The molecule has 0 aliphatic carbocycles. The molecule has 0 saturated carbocycles. The van der Waals surface area contributed by atoms with Crippen LogP contribution in [0.4, 0.5) is 27.4 Å². The van der Waals surface area contributed by atoms with Gasteiger partial charge in [0, 0.05) is 61.7 Å². The van der Waals surface area contributed by atoms with Gasteiger partial charge in [-0.05, 0) is 106 Å². The summed E-state index contributed by atoms with van der Waals surface area (Å²) in [6, 6.07) is 11.5. The molecule has 1 atom stereocenters. The second-order valence-corrected chi connectivity index (χ2v) is 17.5. The summed E-state index contributed by atoms with van der Waals surface area (Å²) in [4.78, 5) is 58.8. The molecule has 318 valence electrons. The first kappa shape index (κ1) is 39.3. The molecule has 61 heavy (non-hydrogen) atoms. The Morgan fingerprint density at radius 2 is 1.84 bits per heavy atom. The van der Waals surface area contributed by atoms with Crippen LogP contribution in [0.3, 0.4) is 0 Å². The number of benzene rings is 2. The van der Waals surface area contributed by atoms with Crippen LogP contribution in [0.25, 0.3) is 0 Å². The Labute approximate surface area is 354 Å². The molecule has 6 aliphatic heterocycles. The topological polar surface area (TPSA) is 154 Å². The number of nitrogens with one attached hydrogen (secondary N) is 3. The Hall–Kier alpha value is -5.83. The molecular weight excluding hydrogens is 778 g/mol. The van der Waals surface area contributed by atoms with E-state index in [0.717, 1.165) is 104 Å². The number of fused-ring (bicyclic) bond motifs is 4. The maximum Gasteiger partial charge on any atom is 0.240 e. The number of carbonyl (C=O) groups excluding carboxylic acids is 3. The van der Waals surface area contributed by atoms with Gasteiger partial charge in [0.1, 0.15) is 35.9 Å². The number of nitrogens with zero attached hydrogens (tertiary/aromatic N) is 6. The molecule has 3 fully saturated rings. The molecule has 0 radical (unpaired) electrons. The number of hydrogen-bond acceptors (Lipinski definition) is 12. The quantitative estimate of drug-likeness (QED) is 0.205. The van der Waals surface area contributed by atoms with E-state index in [4.69, 9.17) is 14.5 Å². The highest BCUT2D eigenvalue weighted by molar-refractivity contribution is 6.04. The number of anilines is 4. The summed E-state index contributed by atoms with van der Waals surface area (Å²) in [5.41, 5.74) is 7.33. The van der Waals surface area contributed by atoms with Crippen molar-refractivity contribution in [1.29, 1.82) is 0 Å².